The Morgan fingerprint density at radius 1 is 1.38 bits per heavy atom. The lowest BCUT2D eigenvalue weighted by molar-refractivity contribution is 0.102. The molecule has 7 heteroatoms. The largest absolute Gasteiger partial charge is 0.379 e. The van der Waals surface area contributed by atoms with Crippen molar-refractivity contribution >= 4 is 28.5 Å². The van der Waals surface area contributed by atoms with E-state index in [0.717, 1.165) is 11.4 Å². The molecule has 26 heavy (non-hydrogen) atoms. The third kappa shape index (κ3) is 3.72. The van der Waals surface area contributed by atoms with Gasteiger partial charge in [0.15, 0.2) is 5.17 Å². The van der Waals surface area contributed by atoms with Crippen molar-refractivity contribution in [1.82, 2.24) is 4.98 Å². The zero-order chi connectivity index (χ0) is 18.7. The molecule has 0 fully saturated rings. The summed E-state index contributed by atoms with van der Waals surface area (Å²) in [6.07, 6.45) is 1.32. The summed E-state index contributed by atoms with van der Waals surface area (Å²) in [5.74, 6) is 0.105. The molecule has 1 aromatic carbocycles. The lowest BCUT2D eigenvalue weighted by Gasteiger charge is -2.33. The van der Waals surface area contributed by atoms with Crippen LogP contribution in [0.25, 0.3) is 0 Å². The molecule has 2 heterocycles. The van der Waals surface area contributed by atoms with Crippen LogP contribution < -0.4 is 11.1 Å². The van der Waals surface area contributed by atoms with Crippen LogP contribution in [0.4, 0.5) is 10.1 Å². The van der Waals surface area contributed by atoms with Crippen LogP contribution in [0.1, 0.15) is 41.5 Å². The van der Waals surface area contributed by atoms with E-state index in [1.54, 1.807) is 24.3 Å². The number of hydrogen-bond donors (Lipinski definition) is 2. The number of aryl methyl sites for hydroxylation is 1. The zero-order valence-corrected chi connectivity index (χ0v) is 15.6. The highest BCUT2D eigenvalue weighted by molar-refractivity contribution is 8.13. The number of carbonyl (C=O) groups excluding carboxylic acids is 1. The molecule has 1 aliphatic rings. The smallest absolute Gasteiger partial charge is 0.274 e. The van der Waals surface area contributed by atoms with Gasteiger partial charge in [0.25, 0.3) is 5.91 Å². The van der Waals surface area contributed by atoms with Gasteiger partial charge in [-0.2, -0.15) is 0 Å². The SMILES string of the molecule is CCC1(c2cc(NC(=O)c3cccc(C)n3)ccc2F)CCSC(N)=N1. The first-order valence-corrected chi connectivity index (χ1v) is 9.45. The Bertz CT molecular complexity index is 870. The van der Waals surface area contributed by atoms with Gasteiger partial charge in [-0.05, 0) is 50.1 Å². The van der Waals surface area contributed by atoms with Gasteiger partial charge >= 0.3 is 0 Å². The average molecular weight is 372 g/mol. The number of amidine groups is 1. The van der Waals surface area contributed by atoms with Crippen LogP contribution in [0.2, 0.25) is 0 Å². The molecule has 136 valence electrons. The summed E-state index contributed by atoms with van der Waals surface area (Å²) < 4.78 is 14.6. The first-order chi connectivity index (χ1) is 12.4. The van der Waals surface area contributed by atoms with Crippen molar-refractivity contribution in [3.8, 4) is 0 Å². The van der Waals surface area contributed by atoms with E-state index in [0.29, 0.717) is 35.0 Å². The number of carbonyl (C=O) groups is 1. The predicted molar refractivity (Wildman–Crippen MR) is 104 cm³/mol. The van der Waals surface area contributed by atoms with Gasteiger partial charge in [-0.1, -0.05) is 24.8 Å². The van der Waals surface area contributed by atoms with Gasteiger partial charge in [-0.3, -0.25) is 9.79 Å². The second-order valence-corrected chi connectivity index (χ2v) is 7.36. The second kappa shape index (κ2) is 7.45. The summed E-state index contributed by atoms with van der Waals surface area (Å²) in [6.45, 7) is 3.79. The number of nitrogens with one attached hydrogen (secondary N) is 1. The normalized spacial score (nSPS) is 19.7. The molecular formula is C19H21FN4OS. The summed E-state index contributed by atoms with van der Waals surface area (Å²) >= 11 is 1.48. The van der Waals surface area contributed by atoms with Crippen molar-refractivity contribution in [2.24, 2.45) is 10.7 Å². The van der Waals surface area contributed by atoms with Crippen LogP contribution >= 0.6 is 11.8 Å². The molecule has 0 spiro atoms. The van der Waals surface area contributed by atoms with Gasteiger partial charge in [0, 0.05) is 22.7 Å². The molecular weight excluding hydrogens is 351 g/mol. The highest BCUT2D eigenvalue weighted by atomic mass is 32.2. The second-order valence-electron chi connectivity index (χ2n) is 6.25. The molecule has 0 radical (unpaired) electrons. The van der Waals surface area contributed by atoms with Crippen LogP contribution in [0.5, 0.6) is 0 Å². The van der Waals surface area contributed by atoms with E-state index < -0.39 is 5.54 Å². The van der Waals surface area contributed by atoms with Gasteiger partial charge in [-0.15, -0.1) is 0 Å². The number of hydrogen-bond acceptors (Lipinski definition) is 5. The first kappa shape index (κ1) is 18.4. The number of anilines is 1. The number of halogens is 1. The molecule has 1 aromatic heterocycles. The van der Waals surface area contributed by atoms with Gasteiger partial charge < -0.3 is 11.1 Å². The molecule has 3 N–H and O–H groups in total. The monoisotopic (exact) mass is 372 g/mol. The van der Waals surface area contributed by atoms with E-state index in [2.05, 4.69) is 15.3 Å². The molecule has 0 saturated carbocycles. The van der Waals surface area contributed by atoms with Gasteiger partial charge in [0.2, 0.25) is 0 Å². The number of aromatic nitrogens is 1. The van der Waals surface area contributed by atoms with Gasteiger partial charge in [0.05, 0.1) is 5.54 Å². The number of thioether (sulfide) groups is 1. The number of nitrogens with two attached hydrogens (primary N) is 1. The summed E-state index contributed by atoms with van der Waals surface area (Å²) in [5.41, 5.74) is 7.24. The van der Waals surface area contributed by atoms with E-state index in [-0.39, 0.29) is 11.7 Å². The fourth-order valence-corrected chi connectivity index (χ4v) is 3.98. The van der Waals surface area contributed by atoms with E-state index in [9.17, 15) is 9.18 Å². The van der Waals surface area contributed by atoms with Crippen molar-refractivity contribution in [2.75, 3.05) is 11.1 Å². The van der Waals surface area contributed by atoms with Crippen LogP contribution in [-0.2, 0) is 5.54 Å². The fraction of sp³-hybridized carbons (Fsp3) is 0.316. The third-order valence-corrected chi connectivity index (χ3v) is 5.32. The molecule has 1 atom stereocenters. The highest BCUT2D eigenvalue weighted by Gasteiger charge is 2.35. The zero-order valence-electron chi connectivity index (χ0n) is 14.8. The summed E-state index contributed by atoms with van der Waals surface area (Å²) in [5, 5.41) is 3.26. The lowest BCUT2D eigenvalue weighted by Crippen LogP contribution is -2.32. The number of amides is 1. The minimum absolute atomic E-state index is 0.317. The van der Waals surface area contributed by atoms with Crippen molar-refractivity contribution in [2.45, 2.75) is 32.2 Å². The Balaban J connectivity index is 1.93. The van der Waals surface area contributed by atoms with E-state index in [4.69, 9.17) is 5.73 Å². The van der Waals surface area contributed by atoms with Crippen LogP contribution in [0.15, 0.2) is 41.4 Å². The molecule has 0 bridgehead atoms. The predicted octanol–water partition coefficient (Wildman–Crippen LogP) is 3.84. The quantitative estimate of drug-likeness (QED) is 0.854. The van der Waals surface area contributed by atoms with Crippen molar-refractivity contribution in [1.29, 1.82) is 0 Å². The minimum Gasteiger partial charge on any atom is -0.379 e. The third-order valence-electron chi connectivity index (χ3n) is 4.52. The maximum atomic E-state index is 14.6. The molecule has 5 nitrogen and oxygen atoms in total. The molecule has 1 aliphatic heterocycles. The molecule has 3 rings (SSSR count). The van der Waals surface area contributed by atoms with Crippen LogP contribution in [-0.4, -0.2) is 21.8 Å². The van der Waals surface area contributed by atoms with Gasteiger partial charge in [0.1, 0.15) is 11.5 Å². The van der Waals surface area contributed by atoms with Crippen LogP contribution in [0.3, 0.4) is 0 Å². The Labute approximate surface area is 156 Å². The number of aliphatic imine (C=N–C) groups is 1. The summed E-state index contributed by atoms with van der Waals surface area (Å²) in [7, 11) is 0. The Hall–Kier alpha value is -2.41. The highest BCUT2D eigenvalue weighted by Crippen LogP contribution is 2.40. The maximum absolute atomic E-state index is 14.6. The van der Waals surface area contributed by atoms with Crippen LogP contribution in [0, 0.1) is 12.7 Å². The van der Waals surface area contributed by atoms with Crippen molar-refractivity contribution in [3.63, 3.8) is 0 Å². The molecule has 1 unspecified atom stereocenters. The fourth-order valence-electron chi connectivity index (χ4n) is 3.09. The van der Waals surface area contributed by atoms with Crippen molar-refractivity contribution in [3.05, 3.63) is 59.2 Å². The molecule has 0 aliphatic carbocycles. The first-order valence-electron chi connectivity index (χ1n) is 8.47. The van der Waals surface area contributed by atoms with Gasteiger partial charge in [-0.25, -0.2) is 9.37 Å². The Morgan fingerprint density at radius 2 is 2.19 bits per heavy atom. The molecule has 0 saturated heterocycles. The Kier molecular flexibility index (Phi) is 5.27. The van der Waals surface area contributed by atoms with E-state index in [1.165, 1.54) is 17.8 Å². The number of nitrogens with zero attached hydrogens (tertiary/aromatic N) is 2. The lowest BCUT2D eigenvalue weighted by atomic mass is 9.84. The maximum Gasteiger partial charge on any atom is 0.274 e. The topological polar surface area (TPSA) is 80.4 Å². The van der Waals surface area contributed by atoms with E-state index >= 15 is 0 Å². The van der Waals surface area contributed by atoms with Crippen molar-refractivity contribution < 1.29 is 9.18 Å². The Morgan fingerprint density at radius 3 is 2.88 bits per heavy atom. The average Bonchev–Trinajstić information content (AvgIpc) is 2.63. The minimum atomic E-state index is -0.693. The number of rotatable bonds is 4. The van der Waals surface area contributed by atoms with E-state index in [1.807, 2.05) is 19.9 Å². The number of pyridine rings is 1. The molecule has 1 amide bonds. The molecule has 2 aromatic rings. The number of benzene rings is 1. The summed E-state index contributed by atoms with van der Waals surface area (Å²) in [4.78, 5) is 21.2. The summed E-state index contributed by atoms with van der Waals surface area (Å²) in [6, 6.07) is 9.79. The standard InChI is InChI=1S/C19H21FN4OS/c1-3-19(9-10-26-18(21)24-19)14-11-13(7-8-15(14)20)23-17(25)16-6-4-5-12(2)22-16/h4-8,11H,3,9-10H2,1-2H3,(H2,21,24)(H,23,25).